The fraction of sp³-hybridized carbons (Fsp3) is 0.200. The molecule has 0 amide bonds. The minimum absolute atomic E-state index is 0.275. The van der Waals surface area contributed by atoms with Gasteiger partial charge in [-0.3, -0.25) is 0 Å². The summed E-state index contributed by atoms with van der Waals surface area (Å²) in [4.78, 5) is 4.01. The van der Waals surface area contributed by atoms with Crippen LogP contribution in [-0.2, 0) is 6.61 Å². The van der Waals surface area contributed by atoms with E-state index in [-0.39, 0.29) is 6.61 Å². The topological polar surface area (TPSA) is 48.2 Å². The molecular weight excluding hydrogens is 216 g/mol. The van der Waals surface area contributed by atoms with Gasteiger partial charge in [-0.05, 0) is 18.2 Å². The third-order valence-corrected chi connectivity index (χ3v) is 1.97. The lowest BCUT2D eigenvalue weighted by atomic mass is 10.3. The van der Waals surface area contributed by atoms with Crippen LogP contribution in [0.15, 0.2) is 28.8 Å². The fourth-order valence-corrected chi connectivity index (χ4v) is 1.28. The van der Waals surface area contributed by atoms with E-state index in [4.69, 9.17) is 20.9 Å². The maximum atomic E-state index is 5.80. The number of ether oxygens (including phenoxy) is 1. The van der Waals surface area contributed by atoms with Crippen LogP contribution in [0.5, 0.6) is 5.75 Å². The average Bonchev–Trinajstić information content (AvgIpc) is 2.62. The van der Waals surface area contributed by atoms with Gasteiger partial charge in [-0.15, -0.1) is 0 Å². The van der Waals surface area contributed by atoms with Gasteiger partial charge in [0.15, 0.2) is 6.61 Å². The highest BCUT2D eigenvalue weighted by atomic mass is 35.5. The third-order valence-electron chi connectivity index (χ3n) is 1.73. The van der Waals surface area contributed by atoms with Gasteiger partial charge in [0.2, 0.25) is 11.7 Å². The maximum Gasteiger partial charge on any atom is 0.223 e. The highest BCUT2D eigenvalue weighted by molar-refractivity contribution is 6.30. The van der Waals surface area contributed by atoms with Crippen molar-refractivity contribution in [2.45, 2.75) is 13.5 Å². The van der Waals surface area contributed by atoms with E-state index < -0.39 is 0 Å². The van der Waals surface area contributed by atoms with Crippen LogP contribution in [0.1, 0.15) is 11.7 Å². The van der Waals surface area contributed by atoms with Crippen molar-refractivity contribution in [3.05, 3.63) is 41.0 Å². The van der Waals surface area contributed by atoms with Crippen molar-refractivity contribution in [3.8, 4) is 5.75 Å². The van der Waals surface area contributed by atoms with E-state index in [1.54, 1.807) is 19.1 Å². The van der Waals surface area contributed by atoms with Gasteiger partial charge in [-0.1, -0.05) is 22.8 Å². The molecule has 0 aliphatic carbocycles. The van der Waals surface area contributed by atoms with E-state index in [1.807, 2.05) is 12.1 Å². The molecular formula is C10H9ClN2O2. The molecule has 1 heterocycles. The number of benzene rings is 1. The zero-order valence-corrected chi connectivity index (χ0v) is 8.86. The minimum atomic E-state index is 0.275. The van der Waals surface area contributed by atoms with E-state index in [2.05, 4.69) is 10.1 Å². The van der Waals surface area contributed by atoms with Gasteiger partial charge in [0.1, 0.15) is 5.75 Å². The Bertz CT molecular complexity index is 456. The first kappa shape index (κ1) is 9.98. The van der Waals surface area contributed by atoms with E-state index in [0.717, 1.165) is 0 Å². The SMILES string of the molecule is Cc1nc(COc2cccc(Cl)c2)no1. The Balaban J connectivity index is 1.99. The second kappa shape index (κ2) is 4.31. The second-order valence-electron chi connectivity index (χ2n) is 2.98. The predicted molar refractivity (Wildman–Crippen MR) is 54.8 cm³/mol. The summed E-state index contributed by atoms with van der Waals surface area (Å²) in [6, 6.07) is 7.15. The fourth-order valence-electron chi connectivity index (χ4n) is 1.10. The highest BCUT2D eigenvalue weighted by Gasteiger charge is 2.02. The molecule has 2 aromatic rings. The number of nitrogens with zero attached hydrogens (tertiary/aromatic N) is 2. The van der Waals surface area contributed by atoms with Gasteiger partial charge in [0, 0.05) is 11.9 Å². The summed E-state index contributed by atoms with van der Waals surface area (Å²) in [6.07, 6.45) is 0. The lowest BCUT2D eigenvalue weighted by molar-refractivity contribution is 0.286. The molecule has 0 unspecified atom stereocenters. The zero-order chi connectivity index (χ0) is 10.7. The van der Waals surface area contributed by atoms with Crippen molar-refractivity contribution in [3.63, 3.8) is 0 Å². The summed E-state index contributed by atoms with van der Waals surface area (Å²) in [5.41, 5.74) is 0. The van der Waals surface area contributed by atoms with Gasteiger partial charge in [-0.2, -0.15) is 4.98 Å². The molecule has 0 saturated heterocycles. The van der Waals surface area contributed by atoms with Gasteiger partial charge >= 0.3 is 0 Å². The predicted octanol–water partition coefficient (Wildman–Crippen LogP) is 2.61. The summed E-state index contributed by atoms with van der Waals surface area (Å²) in [6.45, 7) is 2.01. The summed E-state index contributed by atoms with van der Waals surface area (Å²) < 4.78 is 10.2. The quantitative estimate of drug-likeness (QED) is 0.804. The number of aromatic nitrogens is 2. The molecule has 0 fully saturated rings. The molecule has 0 aliphatic heterocycles. The van der Waals surface area contributed by atoms with Crippen LogP contribution < -0.4 is 4.74 Å². The van der Waals surface area contributed by atoms with Crippen LogP contribution in [0.2, 0.25) is 5.02 Å². The summed E-state index contributed by atoms with van der Waals surface area (Å²) in [7, 11) is 0. The number of hydrogen-bond acceptors (Lipinski definition) is 4. The number of rotatable bonds is 3. The maximum absolute atomic E-state index is 5.80. The second-order valence-corrected chi connectivity index (χ2v) is 3.41. The third kappa shape index (κ3) is 2.70. The molecule has 0 radical (unpaired) electrons. The summed E-state index contributed by atoms with van der Waals surface area (Å²) in [5.74, 6) is 1.73. The molecule has 1 aromatic carbocycles. The standard InChI is InChI=1S/C10H9ClN2O2/c1-7-12-10(13-15-7)6-14-9-4-2-3-8(11)5-9/h2-5H,6H2,1H3. The highest BCUT2D eigenvalue weighted by Crippen LogP contribution is 2.17. The largest absolute Gasteiger partial charge is 0.485 e. The smallest absolute Gasteiger partial charge is 0.223 e. The Kier molecular flexibility index (Phi) is 2.87. The van der Waals surface area contributed by atoms with E-state index in [1.165, 1.54) is 0 Å². The molecule has 0 aliphatic rings. The minimum Gasteiger partial charge on any atom is -0.485 e. The van der Waals surface area contributed by atoms with Gasteiger partial charge in [0.05, 0.1) is 0 Å². The van der Waals surface area contributed by atoms with Crippen LogP contribution in [0.3, 0.4) is 0 Å². The molecule has 0 spiro atoms. The van der Waals surface area contributed by atoms with Crippen molar-refractivity contribution in [2.24, 2.45) is 0 Å². The first-order valence-corrected chi connectivity index (χ1v) is 4.79. The molecule has 78 valence electrons. The van der Waals surface area contributed by atoms with Crippen molar-refractivity contribution in [1.29, 1.82) is 0 Å². The number of aryl methyl sites for hydroxylation is 1. The molecule has 2 rings (SSSR count). The van der Waals surface area contributed by atoms with E-state index in [0.29, 0.717) is 22.5 Å². The van der Waals surface area contributed by atoms with Crippen molar-refractivity contribution in [2.75, 3.05) is 0 Å². The van der Waals surface area contributed by atoms with Crippen LogP contribution >= 0.6 is 11.6 Å². The molecule has 0 atom stereocenters. The van der Waals surface area contributed by atoms with Gasteiger partial charge < -0.3 is 9.26 Å². The first-order chi connectivity index (χ1) is 7.24. The monoisotopic (exact) mass is 224 g/mol. The molecule has 0 N–H and O–H groups in total. The van der Waals surface area contributed by atoms with Gasteiger partial charge in [-0.25, -0.2) is 0 Å². The molecule has 4 nitrogen and oxygen atoms in total. The number of halogens is 1. The molecule has 0 bridgehead atoms. The average molecular weight is 225 g/mol. The van der Waals surface area contributed by atoms with Crippen LogP contribution in [-0.4, -0.2) is 10.1 Å². The van der Waals surface area contributed by atoms with Crippen molar-refractivity contribution < 1.29 is 9.26 Å². The molecule has 5 heteroatoms. The molecule has 0 saturated carbocycles. The summed E-state index contributed by atoms with van der Waals surface area (Å²) in [5, 5.41) is 4.35. The Morgan fingerprint density at radius 1 is 1.47 bits per heavy atom. The Hall–Kier alpha value is -1.55. The number of hydrogen-bond donors (Lipinski definition) is 0. The first-order valence-electron chi connectivity index (χ1n) is 4.41. The van der Waals surface area contributed by atoms with Crippen molar-refractivity contribution in [1.82, 2.24) is 10.1 Å². The normalized spacial score (nSPS) is 10.3. The van der Waals surface area contributed by atoms with E-state index in [9.17, 15) is 0 Å². The molecule has 15 heavy (non-hydrogen) atoms. The zero-order valence-electron chi connectivity index (χ0n) is 8.11. The molecule has 1 aromatic heterocycles. The Labute approximate surface area is 91.8 Å². The van der Waals surface area contributed by atoms with Crippen LogP contribution in [0.4, 0.5) is 0 Å². The Morgan fingerprint density at radius 2 is 2.33 bits per heavy atom. The summed E-state index contributed by atoms with van der Waals surface area (Å²) >= 11 is 5.80. The Morgan fingerprint density at radius 3 is 3.00 bits per heavy atom. The van der Waals surface area contributed by atoms with Crippen LogP contribution in [0.25, 0.3) is 0 Å². The lowest BCUT2D eigenvalue weighted by Gasteiger charge is -2.02. The van der Waals surface area contributed by atoms with Crippen molar-refractivity contribution >= 4 is 11.6 Å². The lowest BCUT2D eigenvalue weighted by Crippen LogP contribution is -1.97. The van der Waals surface area contributed by atoms with E-state index >= 15 is 0 Å². The van der Waals surface area contributed by atoms with Gasteiger partial charge in [0.25, 0.3) is 0 Å². The van der Waals surface area contributed by atoms with Crippen LogP contribution in [0, 0.1) is 6.92 Å².